The summed E-state index contributed by atoms with van der Waals surface area (Å²) in [7, 11) is -1.61. The zero-order chi connectivity index (χ0) is 21.6. The molecule has 0 bridgehead atoms. The average molecular weight is 565 g/mol. The van der Waals surface area contributed by atoms with E-state index in [0.29, 0.717) is 36.6 Å². The highest BCUT2D eigenvalue weighted by Crippen LogP contribution is 2.23. The number of hydrogen-bond donors (Lipinski definition) is 1. The third-order valence-corrected chi connectivity index (χ3v) is 7.87. The fraction of sp³-hybridized carbons (Fsp3) is 0.682. The summed E-state index contributed by atoms with van der Waals surface area (Å²) in [6.45, 7) is 8.61. The van der Waals surface area contributed by atoms with Gasteiger partial charge in [-0.2, -0.15) is 4.31 Å². The molecule has 0 spiro atoms. The number of aliphatic imine (C=N–C) groups is 1. The van der Waals surface area contributed by atoms with E-state index in [1.54, 1.807) is 23.5 Å². The number of guanidine groups is 1. The molecule has 1 aromatic rings. The van der Waals surface area contributed by atoms with E-state index in [0.717, 1.165) is 56.9 Å². The number of rotatable bonds is 6. The Balaban J connectivity index is 0.00000341. The summed E-state index contributed by atoms with van der Waals surface area (Å²) in [4.78, 5) is 7.04. The van der Waals surface area contributed by atoms with Gasteiger partial charge in [0.2, 0.25) is 10.0 Å². The zero-order valence-corrected chi connectivity index (χ0v) is 22.1. The highest BCUT2D eigenvalue weighted by molar-refractivity contribution is 14.0. The van der Waals surface area contributed by atoms with Gasteiger partial charge >= 0.3 is 0 Å². The lowest BCUT2D eigenvalue weighted by atomic mass is 10.0. The van der Waals surface area contributed by atoms with Crippen molar-refractivity contribution < 1.29 is 13.2 Å². The lowest BCUT2D eigenvalue weighted by molar-refractivity contribution is 0.0263. The molecule has 0 saturated carbocycles. The van der Waals surface area contributed by atoms with Crippen molar-refractivity contribution >= 4 is 40.0 Å². The highest BCUT2D eigenvalue weighted by atomic mass is 127. The van der Waals surface area contributed by atoms with Crippen LogP contribution in [0.25, 0.3) is 0 Å². The van der Waals surface area contributed by atoms with Crippen LogP contribution in [-0.4, -0.2) is 69.5 Å². The lowest BCUT2D eigenvalue weighted by Crippen LogP contribution is -2.46. The molecule has 176 valence electrons. The summed E-state index contributed by atoms with van der Waals surface area (Å²) in [6.07, 6.45) is 4.40. The number of nitrogens with zero attached hydrogens (tertiary/aromatic N) is 3. The molecule has 0 aliphatic carbocycles. The molecule has 0 aromatic heterocycles. The number of benzene rings is 1. The summed E-state index contributed by atoms with van der Waals surface area (Å²) in [5.41, 5.74) is 1.03. The van der Waals surface area contributed by atoms with Gasteiger partial charge in [0.25, 0.3) is 0 Å². The van der Waals surface area contributed by atoms with Crippen LogP contribution in [0.4, 0.5) is 0 Å². The van der Waals surface area contributed by atoms with Crippen molar-refractivity contribution in [1.82, 2.24) is 14.5 Å². The van der Waals surface area contributed by atoms with Gasteiger partial charge in [-0.3, -0.25) is 4.99 Å². The van der Waals surface area contributed by atoms with Crippen LogP contribution in [0.1, 0.15) is 45.1 Å². The Labute approximate surface area is 204 Å². The topological polar surface area (TPSA) is 74.2 Å². The molecular formula is C22H37IN4O3S. The van der Waals surface area contributed by atoms with Crippen molar-refractivity contribution in [3.05, 3.63) is 29.8 Å². The number of ether oxygens (including phenoxy) is 1. The first-order valence-corrected chi connectivity index (χ1v) is 12.5. The molecule has 1 atom stereocenters. The van der Waals surface area contributed by atoms with Gasteiger partial charge in [0, 0.05) is 46.4 Å². The number of hydrogen-bond acceptors (Lipinski definition) is 4. The van der Waals surface area contributed by atoms with Gasteiger partial charge in [0.05, 0.1) is 11.0 Å². The van der Waals surface area contributed by atoms with Crippen molar-refractivity contribution in [3.8, 4) is 0 Å². The number of nitrogens with one attached hydrogen (secondary N) is 1. The highest BCUT2D eigenvalue weighted by Gasteiger charge is 2.28. The maximum Gasteiger partial charge on any atom is 0.243 e. The standard InChI is InChI=1S/C22H36N4O3S.HI/c1-4-29-20-11-14-25(15-12-20)22(23-3)24-16-19-7-9-21(10-8-19)30(27,28)26-13-5-6-18(2)17-26;/h7-10,18,20H,4-6,11-17H2,1-3H3,(H,23,24);1H. The van der Waals surface area contributed by atoms with Gasteiger partial charge in [-0.1, -0.05) is 19.1 Å². The van der Waals surface area contributed by atoms with E-state index in [1.807, 2.05) is 19.1 Å². The van der Waals surface area contributed by atoms with E-state index in [4.69, 9.17) is 4.74 Å². The van der Waals surface area contributed by atoms with Crippen molar-refractivity contribution in [2.24, 2.45) is 10.9 Å². The minimum absolute atomic E-state index is 0. The Morgan fingerprint density at radius 3 is 2.42 bits per heavy atom. The second-order valence-corrected chi connectivity index (χ2v) is 10.2. The first-order chi connectivity index (χ1) is 14.4. The largest absolute Gasteiger partial charge is 0.378 e. The summed E-state index contributed by atoms with van der Waals surface area (Å²) in [6, 6.07) is 7.23. The summed E-state index contributed by atoms with van der Waals surface area (Å²) < 4.78 is 33.2. The van der Waals surface area contributed by atoms with Gasteiger partial charge < -0.3 is 15.0 Å². The normalized spacial score (nSPS) is 21.6. The number of likely N-dealkylation sites (tertiary alicyclic amines) is 1. The molecule has 9 heteroatoms. The Morgan fingerprint density at radius 2 is 1.84 bits per heavy atom. The molecule has 3 rings (SSSR count). The minimum atomic E-state index is -3.41. The van der Waals surface area contributed by atoms with Gasteiger partial charge in [-0.15, -0.1) is 24.0 Å². The maximum absolute atomic E-state index is 12.9. The van der Waals surface area contributed by atoms with Crippen LogP contribution in [0.5, 0.6) is 0 Å². The Kier molecular flexibility index (Phi) is 10.5. The summed E-state index contributed by atoms with van der Waals surface area (Å²) in [5.74, 6) is 1.30. The molecule has 1 unspecified atom stereocenters. The van der Waals surface area contributed by atoms with Crippen LogP contribution in [0.15, 0.2) is 34.2 Å². The molecule has 2 saturated heterocycles. The molecule has 7 nitrogen and oxygen atoms in total. The Hall–Kier alpha value is -0.910. The molecular weight excluding hydrogens is 527 g/mol. The van der Waals surface area contributed by atoms with Crippen LogP contribution < -0.4 is 5.32 Å². The molecule has 0 radical (unpaired) electrons. The Morgan fingerprint density at radius 1 is 1.16 bits per heavy atom. The minimum Gasteiger partial charge on any atom is -0.378 e. The molecule has 0 amide bonds. The first kappa shape index (κ1) is 26.3. The van der Waals surface area contributed by atoms with Crippen LogP contribution in [-0.2, 0) is 21.3 Å². The molecule has 1 aromatic carbocycles. The summed E-state index contributed by atoms with van der Waals surface area (Å²) in [5, 5.41) is 3.40. The molecule has 2 aliphatic heterocycles. The third-order valence-electron chi connectivity index (χ3n) is 5.99. The maximum atomic E-state index is 12.9. The van der Waals surface area contributed by atoms with Gasteiger partial charge in [-0.25, -0.2) is 8.42 Å². The van der Waals surface area contributed by atoms with E-state index in [9.17, 15) is 8.42 Å². The van der Waals surface area contributed by atoms with Crippen molar-refractivity contribution in [2.75, 3.05) is 39.8 Å². The first-order valence-electron chi connectivity index (χ1n) is 11.1. The SMILES string of the molecule is CCOC1CCN(C(=NC)NCc2ccc(S(=O)(=O)N3CCCC(C)C3)cc2)CC1.I. The van der Waals surface area contributed by atoms with E-state index < -0.39 is 10.0 Å². The van der Waals surface area contributed by atoms with Crippen molar-refractivity contribution in [3.63, 3.8) is 0 Å². The van der Waals surface area contributed by atoms with Gasteiger partial charge in [0.15, 0.2) is 5.96 Å². The summed E-state index contributed by atoms with van der Waals surface area (Å²) >= 11 is 0. The van der Waals surface area contributed by atoms with Crippen LogP contribution in [0.2, 0.25) is 0 Å². The van der Waals surface area contributed by atoms with Gasteiger partial charge in [-0.05, 0) is 56.2 Å². The van der Waals surface area contributed by atoms with E-state index in [1.165, 1.54) is 0 Å². The van der Waals surface area contributed by atoms with E-state index in [2.05, 4.69) is 22.1 Å². The Bertz CT molecular complexity index is 809. The molecule has 2 heterocycles. The smallest absolute Gasteiger partial charge is 0.243 e. The molecule has 2 fully saturated rings. The fourth-order valence-corrected chi connectivity index (χ4v) is 5.87. The third kappa shape index (κ3) is 7.03. The number of piperidine rings is 2. The number of sulfonamides is 1. The van der Waals surface area contributed by atoms with Crippen molar-refractivity contribution in [2.45, 2.75) is 57.1 Å². The van der Waals surface area contributed by atoms with E-state index >= 15 is 0 Å². The second-order valence-electron chi connectivity index (χ2n) is 8.30. The second kappa shape index (κ2) is 12.4. The van der Waals surface area contributed by atoms with Crippen LogP contribution in [0.3, 0.4) is 0 Å². The van der Waals surface area contributed by atoms with Crippen LogP contribution in [0, 0.1) is 5.92 Å². The van der Waals surface area contributed by atoms with Crippen molar-refractivity contribution in [1.29, 1.82) is 0 Å². The quantitative estimate of drug-likeness (QED) is 0.326. The van der Waals surface area contributed by atoms with E-state index in [-0.39, 0.29) is 24.0 Å². The molecule has 31 heavy (non-hydrogen) atoms. The lowest BCUT2D eigenvalue weighted by Gasteiger charge is -2.34. The predicted molar refractivity (Wildman–Crippen MR) is 135 cm³/mol. The molecule has 2 aliphatic rings. The molecule has 1 N–H and O–H groups in total. The fourth-order valence-electron chi connectivity index (χ4n) is 4.28. The average Bonchev–Trinajstić information content (AvgIpc) is 2.76. The monoisotopic (exact) mass is 564 g/mol. The van der Waals surface area contributed by atoms with Gasteiger partial charge in [0.1, 0.15) is 0 Å². The predicted octanol–water partition coefficient (Wildman–Crippen LogP) is 3.30. The zero-order valence-electron chi connectivity index (χ0n) is 18.9. The van der Waals surface area contributed by atoms with Crippen LogP contribution >= 0.6 is 24.0 Å². The number of halogens is 1.